The van der Waals surface area contributed by atoms with Gasteiger partial charge in [0.2, 0.25) is 11.0 Å². The van der Waals surface area contributed by atoms with Crippen molar-refractivity contribution in [3.05, 3.63) is 28.2 Å². The molecule has 1 heterocycles. The number of alkyl halides is 1. The van der Waals surface area contributed by atoms with E-state index in [2.05, 4.69) is 15.5 Å². The van der Waals surface area contributed by atoms with Crippen LogP contribution >= 0.6 is 46.1 Å². The first-order valence-corrected chi connectivity index (χ1v) is 7.85. The van der Waals surface area contributed by atoms with Crippen LogP contribution in [0.4, 0.5) is 5.13 Å². The second-order valence-electron chi connectivity index (χ2n) is 3.88. The minimum Gasteiger partial charge on any atom is -0.301 e. The van der Waals surface area contributed by atoms with E-state index >= 15 is 0 Å². The summed E-state index contributed by atoms with van der Waals surface area (Å²) < 4.78 is 0. The fourth-order valence-electron chi connectivity index (χ4n) is 1.45. The quantitative estimate of drug-likeness (QED) is 0.809. The Labute approximate surface area is 135 Å². The summed E-state index contributed by atoms with van der Waals surface area (Å²) >= 11 is 18.7. The van der Waals surface area contributed by atoms with E-state index < -0.39 is 0 Å². The van der Waals surface area contributed by atoms with E-state index in [9.17, 15) is 4.79 Å². The summed E-state index contributed by atoms with van der Waals surface area (Å²) in [4.78, 5) is 11.6. The highest BCUT2D eigenvalue weighted by Crippen LogP contribution is 2.33. The Morgan fingerprint density at radius 1 is 1.30 bits per heavy atom. The second-order valence-corrected chi connectivity index (χ2v) is 6.08. The number of nitrogens with zero attached hydrogens (tertiary/aromatic N) is 2. The van der Waals surface area contributed by atoms with Crippen molar-refractivity contribution in [1.29, 1.82) is 0 Å². The van der Waals surface area contributed by atoms with E-state index in [1.807, 2.05) is 0 Å². The van der Waals surface area contributed by atoms with Crippen LogP contribution in [-0.2, 0) is 4.79 Å². The smallest absolute Gasteiger partial charge is 0.226 e. The SMILES string of the molecule is O=C(CCCCl)Nc1nnc(-c2ccc(Cl)cc2Cl)s1. The maximum Gasteiger partial charge on any atom is 0.226 e. The van der Waals surface area contributed by atoms with Gasteiger partial charge in [0, 0.05) is 22.9 Å². The van der Waals surface area contributed by atoms with Gasteiger partial charge in [0.1, 0.15) is 0 Å². The van der Waals surface area contributed by atoms with Crippen LogP contribution in [0.5, 0.6) is 0 Å². The van der Waals surface area contributed by atoms with Gasteiger partial charge in [-0.15, -0.1) is 21.8 Å². The van der Waals surface area contributed by atoms with Gasteiger partial charge >= 0.3 is 0 Å². The van der Waals surface area contributed by atoms with Crippen LogP contribution in [0, 0.1) is 0 Å². The Balaban J connectivity index is 2.10. The van der Waals surface area contributed by atoms with Crippen LogP contribution in [0.3, 0.4) is 0 Å². The Morgan fingerprint density at radius 3 is 2.80 bits per heavy atom. The lowest BCUT2D eigenvalue weighted by atomic mass is 10.2. The van der Waals surface area contributed by atoms with Crippen LogP contribution in [-0.4, -0.2) is 22.0 Å². The maximum atomic E-state index is 11.6. The van der Waals surface area contributed by atoms with Gasteiger partial charge in [0.05, 0.1) is 5.02 Å². The number of benzene rings is 1. The number of carbonyl (C=O) groups excluding carboxylic acids is 1. The summed E-state index contributed by atoms with van der Waals surface area (Å²) in [5, 5.41) is 12.7. The summed E-state index contributed by atoms with van der Waals surface area (Å²) in [7, 11) is 0. The molecule has 1 aromatic carbocycles. The third-order valence-corrected chi connectivity index (χ3v) is 4.06. The average Bonchev–Trinajstić information content (AvgIpc) is 2.84. The van der Waals surface area contributed by atoms with Crippen molar-refractivity contribution < 1.29 is 4.79 Å². The minimum atomic E-state index is -0.129. The molecule has 20 heavy (non-hydrogen) atoms. The molecule has 0 saturated heterocycles. The second kappa shape index (κ2) is 7.22. The molecule has 0 radical (unpaired) electrons. The normalized spacial score (nSPS) is 10.6. The molecule has 0 aliphatic carbocycles. The highest BCUT2D eigenvalue weighted by atomic mass is 35.5. The predicted molar refractivity (Wildman–Crippen MR) is 83.9 cm³/mol. The molecule has 2 rings (SSSR count). The van der Waals surface area contributed by atoms with Crippen molar-refractivity contribution in [1.82, 2.24) is 10.2 Å². The minimum absolute atomic E-state index is 0.129. The number of rotatable bonds is 5. The van der Waals surface area contributed by atoms with E-state index in [4.69, 9.17) is 34.8 Å². The lowest BCUT2D eigenvalue weighted by molar-refractivity contribution is -0.116. The molecule has 8 heteroatoms. The van der Waals surface area contributed by atoms with E-state index in [1.165, 1.54) is 11.3 Å². The molecule has 0 bridgehead atoms. The fraction of sp³-hybridized carbons (Fsp3) is 0.250. The van der Waals surface area contributed by atoms with Crippen molar-refractivity contribution in [2.45, 2.75) is 12.8 Å². The third kappa shape index (κ3) is 4.06. The van der Waals surface area contributed by atoms with Gasteiger partial charge in [-0.3, -0.25) is 4.79 Å². The average molecular weight is 351 g/mol. The summed E-state index contributed by atoms with van der Waals surface area (Å²) in [5.74, 6) is 0.324. The lowest BCUT2D eigenvalue weighted by Crippen LogP contribution is -2.10. The molecule has 1 aromatic heterocycles. The summed E-state index contributed by atoms with van der Waals surface area (Å²) in [6.07, 6.45) is 0.988. The van der Waals surface area contributed by atoms with Gasteiger partial charge in [0.15, 0.2) is 5.01 Å². The zero-order valence-electron chi connectivity index (χ0n) is 10.2. The molecule has 0 atom stereocenters. The molecular weight excluding hydrogens is 341 g/mol. The first-order chi connectivity index (χ1) is 9.60. The Morgan fingerprint density at radius 2 is 2.10 bits per heavy atom. The highest BCUT2D eigenvalue weighted by Gasteiger charge is 2.12. The number of amides is 1. The zero-order valence-corrected chi connectivity index (χ0v) is 13.3. The molecule has 1 amide bonds. The fourth-order valence-corrected chi connectivity index (χ4v) is 2.94. The van der Waals surface area contributed by atoms with E-state index in [1.54, 1.807) is 18.2 Å². The molecule has 0 aliphatic rings. The summed E-state index contributed by atoms with van der Waals surface area (Å²) in [5.41, 5.74) is 0.731. The molecule has 0 saturated carbocycles. The van der Waals surface area contributed by atoms with Gasteiger partial charge in [-0.05, 0) is 24.6 Å². The molecule has 106 valence electrons. The number of anilines is 1. The number of hydrogen-bond donors (Lipinski definition) is 1. The number of aromatic nitrogens is 2. The van der Waals surface area contributed by atoms with Crippen LogP contribution in [0.25, 0.3) is 10.6 Å². The molecule has 0 fully saturated rings. The van der Waals surface area contributed by atoms with Crippen molar-refractivity contribution in [3.8, 4) is 10.6 Å². The molecule has 1 N–H and O–H groups in total. The predicted octanol–water partition coefficient (Wildman–Crippen LogP) is 4.47. The Kier molecular flexibility index (Phi) is 5.60. The first kappa shape index (κ1) is 15.5. The van der Waals surface area contributed by atoms with Gasteiger partial charge in [-0.1, -0.05) is 34.5 Å². The van der Waals surface area contributed by atoms with Crippen LogP contribution in [0.15, 0.2) is 18.2 Å². The van der Waals surface area contributed by atoms with E-state index in [-0.39, 0.29) is 5.91 Å². The monoisotopic (exact) mass is 349 g/mol. The first-order valence-electron chi connectivity index (χ1n) is 5.75. The zero-order chi connectivity index (χ0) is 14.5. The van der Waals surface area contributed by atoms with Crippen molar-refractivity contribution in [2.24, 2.45) is 0 Å². The largest absolute Gasteiger partial charge is 0.301 e. The summed E-state index contributed by atoms with van der Waals surface area (Å²) in [6, 6.07) is 5.13. The van der Waals surface area contributed by atoms with E-state index in [0.29, 0.717) is 38.9 Å². The number of carbonyl (C=O) groups is 1. The Bertz CT molecular complexity index is 618. The van der Waals surface area contributed by atoms with Gasteiger partial charge in [-0.25, -0.2) is 0 Å². The third-order valence-electron chi connectivity index (χ3n) is 2.37. The molecule has 0 unspecified atom stereocenters. The van der Waals surface area contributed by atoms with Crippen LogP contribution in [0.1, 0.15) is 12.8 Å². The number of hydrogen-bond acceptors (Lipinski definition) is 4. The topological polar surface area (TPSA) is 54.9 Å². The maximum absolute atomic E-state index is 11.6. The van der Waals surface area contributed by atoms with Crippen LogP contribution < -0.4 is 5.32 Å². The molecular formula is C12H10Cl3N3OS. The lowest BCUT2D eigenvalue weighted by Gasteiger charge is -2.00. The van der Waals surface area contributed by atoms with Gasteiger partial charge in [0.25, 0.3) is 0 Å². The van der Waals surface area contributed by atoms with Crippen molar-refractivity contribution in [2.75, 3.05) is 11.2 Å². The number of halogens is 3. The van der Waals surface area contributed by atoms with Crippen LogP contribution in [0.2, 0.25) is 10.0 Å². The Hall–Kier alpha value is -0.880. The standard InChI is InChI=1S/C12H10Cl3N3OS/c13-5-1-2-10(19)16-12-18-17-11(20-12)8-4-3-7(14)6-9(8)15/h3-4,6H,1-2,5H2,(H,16,18,19). The molecule has 4 nitrogen and oxygen atoms in total. The summed E-state index contributed by atoms with van der Waals surface area (Å²) in [6.45, 7) is 0. The number of nitrogens with one attached hydrogen (secondary N) is 1. The van der Waals surface area contributed by atoms with Crippen molar-refractivity contribution in [3.63, 3.8) is 0 Å². The van der Waals surface area contributed by atoms with Gasteiger partial charge < -0.3 is 5.32 Å². The van der Waals surface area contributed by atoms with Crippen molar-refractivity contribution >= 4 is 57.2 Å². The molecule has 0 aliphatic heterocycles. The van der Waals surface area contributed by atoms with E-state index in [0.717, 1.165) is 5.56 Å². The highest BCUT2D eigenvalue weighted by molar-refractivity contribution is 7.18. The van der Waals surface area contributed by atoms with Gasteiger partial charge in [-0.2, -0.15) is 0 Å². The molecule has 2 aromatic rings. The molecule has 0 spiro atoms.